The van der Waals surface area contributed by atoms with Gasteiger partial charge in [-0.3, -0.25) is 4.79 Å². The predicted octanol–water partition coefficient (Wildman–Crippen LogP) is 0.997. The molecule has 1 aliphatic rings. The standard InChI is InChI=1S/C22H31N5O4S/c1-17-4-6-19(32(29,30)25-8-13-31-3)14-20(17)22(28)24-16-18-5-7-21(23-15-18)27-11-9-26(2)10-12-27/h4-7,14-15,25H,8-13,16H2,1-3H3,(H,24,28). The van der Waals surface area contributed by atoms with Crippen molar-refractivity contribution in [2.24, 2.45) is 0 Å². The van der Waals surface area contributed by atoms with Crippen molar-refractivity contribution < 1.29 is 17.9 Å². The number of sulfonamides is 1. The third-order valence-electron chi connectivity index (χ3n) is 5.45. The second-order valence-corrected chi connectivity index (χ2v) is 9.63. The van der Waals surface area contributed by atoms with Crippen molar-refractivity contribution in [1.82, 2.24) is 19.9 Å². The molecule has 1 aliphatic heterocycles. The monoisotopic (exact) mass is 461 g/mol. The molecule has 0 spiro atoms. The molecule has 1 amide bonds. The zero-order valence-corrected chi connectivity index (χ0v) is 19.6. The molecule has 0 saturated carbocycles. The van der Waals surface area contributed by atoms with Crippen LogP contribution in [0.25, 0.3) is 0 Å². The Morgan fingerprint density at radius 1 is 1.16 bits per heavy atom. The van der Waals surface area contributed by atoms with E-state index in [0.29, 0.717) is 17.7 Å². The summed E-state index contributed by atoms with van der Waals surface area (Å²) >= 11 is 0. The van der Waals surface area contributed by atoms with Gasteiger partial charge in [-0.2, -0.15) is 0 Å². The van der Waals surface area contributed by atoms with Crippen LogP contribution < -0.4 is 14.9 Å². The Morgan fingerprint density at radius 3 is 2.56 bits per heavy atom. The van der Waals surface area contributed by atoms with E-state index < -0.39 is 10.0 Å². The lowest BCUT2D eigenvalue weighted by atomic mass is 10.1. The number of amides is 1. The Morgan fingerprint density at radius 2 is 1.91 bits per heavy atom. The first-order chi connectivity index (χ1) is 15.3. The highest BCUT2D eigenvalue weighted by Gasteiger charge is 2.18. The number of pyridine rings is 1. The fraction of sp³-hybridized carbons (Fsp3) is 0.455. The number of carbonyl (C=O) groups excluding carboxylic acids is 1. The molecule has 0 atom stereocenters. The van der Waals surface area contributed by atoms with E-state index in [4.69, 9.17) is 4.74 Å². The third-order valence-corrected chi connectivity index (χ3v) is 6.91. The maximum Gasteiger partial charge on any atom is 0.251 e. The highest BCUT2D eigenvalue weighted by molar-refractivity contribution is 7.89. The van der Waals surface area contributed by atoms with Gasteiger partial charge < -0.3 is 19.9 Å². The maximum absolute atomic E-state index is 12.7. The molecule has 2 heterocycles. The van der Waals surface area contributed by atoms with Crippen LogP contribution in [0.3, 0.4) is 0 Å². The summed E-state index contributed by atoms with van der Waals surface area (Å²) in [6.07, 6.45) is 1.77. The average molecular weight is 462 g/mol. The minimum absolute atomic E-state index is 0.0440. The number of nitrogens with one attached hydrogen (secondary N) is 2. The first-order valence-electron chi connectivity index (χ1n) is 10.6. The van der Waals surface area contributed by atoms with Crippen molar-refractivity contribution in [1.29, 1.82) is 0 Å². The number of aromatic nitrogens is 1. The van der Waals surface area contributed by atoms with E-state index in [1.807, 2.05) is 12.1 Å². The quantitative estimate of drug-likeness (QED) is 0.537. The lowest BCUT2D eigenvalue weighted by Crippen LogP contribution is -2.44. The van der Waals surface area contributed by atoms with Gasteiger partial charge in [0.25, 0.3) is 5.91 Å². The number of hydrogen-bond donors (Lipinski definition) is 2. The SMILES string of the molecule is COCCNS(=O)(=O)c1ccc(C)c(C(=O)NCc2ccc(N3CCN(C)CC3)nc2)c1. The Bertz CT molecular complexity index is 1020. The van der Waals surface area contributed by atoms with Crippen molar-refractivity contribution in [3.63, 3.8) is 0 Å². The number of benzene rings is 1. The van der Waals surface area contributed by atoms with E-state index in [1.165, 1.54) is 19.2 Å². The lowest BCUT2D eigenvalue weighted by molar-refractivity contribution is 0.0950. The van der Waals surface area contributed by atoms with Gasteiger partial charge in [0.1, 0.15) is 5.82 Å². The fourth-order valence-corrected chi connectivity index (χ4v) is 4.43. The van der Waals surface area contributed by atoms with E-state index in [2.05, 4.69) is 31.9 Å². The number of aryl methyl sites for hydroxylation is 1. The van der Waals surface area contributed by atoms with Gasteiger partial charge in [-0.25, -0.2) is 18.1 Å². The summed E-state index contributed by atoms with van der Waals surface area (Å²) in [5, 5.41) is 2.86. The summed E-state index contributed by atoms with van der Waals surface area (Å²) in [5.41, 5.74) is 1.89. The first kappa shape index (κ1) is 24.1. The molecule has 174 valence electrons. The summed E-state index contributed by atoms with van der Waals surface area (Å²) in [7, 11) is -0.109. The highest BCUT2D eigenvalue weighted by Crippen LogP contribution is 2.17. The summed E-state index contributed by atoms with van der Waals surface area (Å²) < 4.78 is 32.2. The van der Waals surface area contributed by atoms with Gasteiger partial charge in [0.15, 0.2) is 0 Å². The Labute approximate surface area is 189 Å². The van der Waals surface area contributed by atoms with E-state index in [0.717, 1.165) is 37.6 Å². The summed E-state index contributed by atoms with van der Waals surface area (Å²) in [6.45, 7) is 6.40. The molecule has 1 aromatic heterocycles. The second-order valence-electron chi connectivity index (χ2n) is 7.86. The maximum atomic E-state index is 12.7. The average Bonchev–Trinajstić information content (AvgIpc) is 2.78. The lowest BCUT2D eigenvalue weighted by Gasteiger charge is -2.33. The Kier molecular flexibility index (Phi) is 8.19. The molecular weight excluding hydrogens is 430 g/mol. The molecule has 0 radical (unpaired) electrons. The number of carbonyl (C=O) groups is 1. The predicted molar refractivity (Wildman–Crippen MR) is 123 cm³/mol. The van der Waals surface area contributed by atoms with E-state index in [9.17, 15) is 13.2 Å². The minimum atomic E-state index is -3.72. The van der Waals surface area contributed by atoms with Crippen molar-refractivity contribution in [3.05, 3.63) is 53.2 Å². The molecule has 0 bridgehead atoms. The number of likely N-dealkylation sites (N-methyl/N-ethyl adjacent to an activating group) is 1. The van der Waals surface area contributed by atoms with Crippen LogP contribution in [-0.2, 0) is 21.3 Å². The van der Waals surface area contributed by atoms with Gasteiger partial charge >= 0.3 is 0 Å². The molecule has 32 heavy (non-hydrogen) atoms. The number of methoxy groups -OCH3 is 1. The number of ether oxygens (including phenoxy) is 1. The van der Waals surface area contributed by atoms with Crippen molar-refractivity contribution in [3.8, 4) is 0 Å². The second kappa shape index (κ2) is 10.9. The van der Waals surface area contributed by atoms with Crippen LogP contribution in [0.1, 0.15) is 21.5 Å². The Balaban J connectivity index is 1.62. The number of anilines is 1. The van der Waals surface area contributed by atoms with Crippen molar-refractivity contribution in [2.45, 2.75) is 18.4 Å². The summed E-state index contributed by atoms with van der Waals surface area (Å²) in [4.78, 5) is 21.9. The molecular formula is C22H31N5O4S. The van der Waals surface area contributed by atoms with E-state index in [1.54, 1.807) is 19.2 Å². The van der Waals surface area contributed by atoms with Gasteiger partial charge in [0, 0.05) is 58.1 Å². The molecule has 1 aromatic carbocycles. The molecule has 0 aliphatic carbocycles. The summed E-state index contributed by atoms with van der Waals surface area (Å²) in [5.74, 6) is 0.600. The topological polar surface area (TPSA) is 104 Å². The largest absolute Gasteiger partial charge is 0.383 e. The zero-order chi connectivity index (χ0) is 23.1. The van der Waals surface area contributed by atoms with E-state index in [-0.39, 0.29) is 24.0 Å². The van der Waals surface area contributed by atoms with Gasteiger partial charge in [-0.05, 0) is 43.3 Å². The highest BCUT2D eigenvalue weighted by atomic mass is 32.2. The molecule has 2 N–H and O–H groups in total. The van der Waals surface area contributed by atoms with Gasteiger partial charge in [0.2, 0.25) is 10.0 Å². The molecule has 2 aromatic rings. The van der Waals surface area contributed by atoms with Crippen LogP contribution in [-0.4, -0.2) is 77.7 Å². The smallest absolute Gasteiger partial charge is 0.251 e. The molecule has 9 nitrogen and oxygen atoms in total. The van der Waals surface area contributed by atoms with Crippen LogP contribution in [0, 0.1) is 6.92 Å². The summed E-state index contributed by atoms with van der Waals surface area (Å²) in [6, 6.07) is 8.44. The zero-order valence-electron chi connectivity index (χ0n) is 18.8. The molecule has 0 unspecified atom stereocenters. The van der Waals surface area contributed by atoms with E-state index >= 15 is 0 Å². The minimum Gasteiger partial charge on any atom is -0.383 e. The van der Waals surface area contributed by atoms with Gasteiger partial charge in [0.05, 0.1) is 11.5 Å². The van der Waals surface area contributed by atoms with Gasteiger partial charge in [-0.15, -0.1) is 0 Å². The van der Waals surface area contributed by atoms with Gasteiger partial charge in [-0.1, -0.05) is 12.1 Å². The van der Waals surface area contributed by atoms with Crippen LogP contribution in [0.5, 0.6) is 0 Å². The number of piperazine rings is 1. The fourth-order valence-electron chi connectivity index (χ4n) is 3.40. The Hall–Kier alpha value is -2.53. The van der Waals surface area contributed by atoms with Crippen LogP contribution in [0.2, 0.25) is 0 Å². The molecule has 1 saturated heterocycles. The molecule has 1 fully saturated rings. The molecule has 10 heteroatoms. The van der Waals surface area contributed by atoms with Crippen LogP contribution >= 0.6 is 0 Å². The number of nitrogens with zero attached hydrogens (tertiary/aromatic N) is 3. The normalized spacial score (nSPS) is 15.0. The van der Waals surface area contributed by atoms with Crippen LogP contribution in [0.4, 0.5) is 5.82 Å². The van der Waals surface area contributed by atoms with Crippen molar-refractivity contribution >= 4 is 21.7 Å². The molecule has 3 rings (SSSR count). The number of hydrogen-bond acceptors (Lipinski definition) is 7. The number of rotatable bonds is 9. The third kappa shape index (κ3) is 6.26. The van der Waals surface area contributed by atoms with Crippen molar-refractivity contribution in [2.75, 3.05) is 58.4 Å². The first-order valence-corrected chi connectivity index (χ1v) is 12.0. The van der Waals surface area contributed by atoms with Crippen LogP contribution in [0.15, 0.2) is 41.4 Å².